The Bertz CT molecular complexity index is 709. The maximum absolute atomic E-state index is 12.7. The normalized spacial score (nSPS) is 18.3. The Morgan fingerprint density at radius 1 is 0.935 bits per heavy atom. The molecule has 10 N–H and O–H groups in total. The molecule has 5 amide bonds. The molecule has 0 bridgehead atoms. The monoisotopic (exact) mass is 444 g/mol. The van der Waals surface area contributed by atoms with Gasteiger partial charge in [0.25, 0.3) is 0 Å². The van der Waals surface area contributed by atoms with Crippen LogP contribution in [0.2, 0.25) is 0 Å². The van der Waals surface area contributed by atoms with E-state index in [0.717, 1.165) is 6.42 Å². The van der Waals surface area contributed by atoms with Gasteiger partial charge in [0, 0.05) is 6.42 Å². The predicted molar refractivity (Wildman–Crippen MR) is 104 cm³/mol. The third-order valence-corrected chi connectivity index (χ3v) is 4.52. The fourth-order valence-corrected chi connectivity index (χ4v) is 2.88. The Morgan fingerprint density at radius 2 is 1.55 bits per heavy atom. The van der Waals surface area contributed by atoms with E-state index in [0.29, 0.717) is 13.0 Å². The molecule has 0 aromatic heterocycles. The quantitative estimate of drug-likeness (QED) is 0.136. The van der Waals surface area contributed by atoms with Crippen LogP contribution in [0.5, 0.6) is 0 Å². The zero-order valence-electron chi connectivity index (χ0n) is 16.8. The molecule has 14 heteroatoms. The van der Waals surface area contributed by atoms with Gasteiger partial charge < -0.3 is 42.9 Å². The van der Waals surface area contributed by atoms with Gasteiger partial charge in [-0.15, -0.1) is 0 Å². The molecule has 0 aromatic rings. The molecule has 1 fully saturated rings. The van der Waals surface area contributed by atoms with Crippen molar-refractivity contribution in [3.05, 3.63) is 0 Å². The van der Waals surface area contributed by atoms with Gasteiger partial charge in [-0.05, 0) is 25.8 Å². The first-order chi connectivity index (χ1) is 14.5. The van der Waals surface area contributed by atoms with Crippen LogP contribution in [0, 0.1) is 0 Å². The maximum atomic E-state index is 12.7. The second-order valence-electron chi connectivity index (χ2n) is 7.03. The Labute approximate surface area is 177 Å². The highest BCUT2D eigenvalue weighted by Crippen LogP contribution is 2.07. The van der Waals surface area contributed by atoms with Crippen molar-refractivity contribution in [1.29, 1.82) is 0 Å². The van der Waals surface area contributed by atoms with E-state index >= 15 is 0 Å². The second-order valence-corrected chi connectivity index (χ2v) is 7.03. The van der Waals surface area contributed by atoms with Gasteiger partial charge in [0.1, 0.15) is 18.1 Å². The molecule has 0 radical (unpaired) electrons. The highest BCUT2D eigenvalue weighted by Gasteiger charge is 2.32. The Morgan fingerprint density at radius 3 is 2.03 bits per heavy atom. The first-order valence-electron chi connectivity index (χ1n) is 9.59. The molecule has 0 aromatic carbocycles. The molecule has 31 heavy (non-hydrogen) atoms. The van der Waals surface area contributed by atoms with Gasteiger partial charge in [0.2, 0.25) is 29.5 Å². The number of amides is 5. The number of hydrogen-bond acceptors (Lipinski definition) is 8. The van der Waals surface area contributed by atoms with E-state index in [1.165, 1.54) is 0 Å². The Balaban J connectivity index is 2.91. The van der Waals surface area contributed by atoms with Crippen LogP contribution in [0.4, 0.5) is 0 Å². The number of carboxylic acid groups (broad SMARTS) is 1. The van der Waals surface area contributed by atoms with Crippen LogP contribution in [0.3, 0.4) is 0 Å². The number of carboxylic acids is 1. The number of primary amides is 2. The smallest absolute Gasteiger partial charge is 0.328 e. The number of hydrogen-bond donors (Lipinski definition) is 8. The molecule has 1 aliphatic heterocycles. The lowest BCUT2D eigenvalue weighted by atomic mass is 10.1. The van der Waals surface area contributed by atoms with E-state index in [9.17, 15) is 28.8 Å². The third kappa shape index (κ3) is 8.96. The molecule has 0 spiro atoms. The molecule has 1 heterocycles. The molecule has 0 aliphatic carbocycles. The second kappa shape index (κ2) is 12.4. The number of aliphatic hydroxyl groups is 1. The minimum absolute atomic E-state index is 0.168. The average Bonchev–Trinajstić information content (AvgIpc) is 3.22. The lowest BCUT2D eigenvalue weighted by Gasteiger charge is -2.24. The summed E-state index contributed by atoms with van der Waals surface area (Å²) in [5, 5.41) is 27.6. The zero-order valence-corrected chi connectivity index (χ0v) is 16.8. The van der Waals surface area contributed by atoms with Crippen LogP contribution < -0.4 is 32.7 Å². The fourth-order valence-electron chi connectivity index (χ4n) is 2.88. The van der Waals surface area contributed by atoms with Crippen LogP contribution in [-0.2, 0) is 28.8 Å². The van der Waals surface area contributed by atoms with Crippen LogP contribution in [0.25, 0.3) is 0 Å². The van der Waals surface area contributed by atoms with E-state index in [2.05, 4.69) is 16.0 Å². The van der Waals surface area contributed by atoms with Crippen molar-refractivity contribution >= 4 is 35.5 Å². The van der Waals surface area contributed by atoms with E-state index in [-0.39, 0.29) is 12.8 Å². The molecule has 1 saturated heterocycles. The number of rotatable bonds is 13. The molecule has 1 rings (SSSR count). The largest absolute Gasteiger partial charge is 0.480 e. The molecule has 0 saturated carbocycles. The first kappa shape index (κ1) is 25.8. The number of aliphatic carboxylic acids is 1. The van der Waals surface area contributed by atoms with Crippen molar-refractivity contribution in [3.8, 4) is 0 Å². The summed E-state index contributed by atoms with van der Waals surface area (Å²) < 4.78 is 0. The van der Waals surface area contributed by atoms with Crippen LogP contribution in [0.15, 0.2) is 0 Å². The van der Waals surface area contributed by atoms with Crippen molar-refractivity contribution in [2.75, 3.05) is 13.2 Å². The van der Waals surface area contributed by atoms with Crippen molar-refractivity contribution in [3.63, 3.8) is 0 Å². The summed E-state index contributed by atoms with van der Waals surface area (Å²) in [6, 6.07) is -5.01. The van der Waals surface area contributed by atoms with Gasteiger partial charge in [-0.1, -0.05) is 0 Å². The molecular formula is C17H28N6O8. The van der Waals surface area contributed by atoms with Gasteiger partial charge in [0.15, 0.2) is 0 Å². The molecule has 4 atom stereocenters. The van der Waals surface area contributed by atoms with Crippen LogP contribution in [-0.4, -0.2) is 83.0 Å². The van der Waals surface area contributed by atoms with Gasteiger partial charge in [-0.25, -0.2) is 4.79 Å². The minimum atomic E-state index is -1.67. The first-order valence-corrected chi connectivity index (χ1v) is 9.59. The van der Waals surface area contributed by atoms with Crippen LogP contribution in [0.1, 0.15) is 32.1 Å². The van der Waals surface area contributed by atoms with Crippen molar-refractivity contribution < 1.29 is 39.0 Å². The predicted octanol–water partition coefficient (Wildman–Crippen LogP) is -4.59. The average molecular weight is 444 g/mol. The summed E-state index contributed by atoms with van der Waals surface area (Å²) >= 11 is 0. The van der Waals surface area contributed by atoms with E-state index in [1.54, 1.807) is 0 Å². The number of carbonyl (C=O) groups is 6. The van der Waals surface area contributed by atoms with Crippen LogP contribution >= 0.6 is 0 Å². The van der Waals surface area contributed by atoms with Gasteiger partial charge in [-0.3, -0.25) is 24.0 Å². The van der Waals surface area contributed by atoms with Gasteiger partial charge in [0.05, 0.1) is 19.1 Å². The molecule has 1 aliphatic rings. The standard InChI is InChI=1S/C17H28N6O8/c18-12(25)4-3-9(21-14(27)8-2-1-5-20-8)15(28)22-10(6-13(19)26)16(29)23-11(7-24)17(30)31/h8-11,20,24H,1-7H2,(H2,18,25)(H2,19,26)(H,21,27)(H,22,28)(H,23,29)(H,30,31). The SMILES string of the molecule is NC(=O)CCC(NC(=O)C1CCCN1)C(=O)NC(CC(N)=O)C(=O)NC(CO)C(=O)O. The van der Waals surface area contributed by atoms with Gasteiger partial charge >= 0.3 is 5.97 Å². The topological polar surface area (TPSA) is 243 Å². The van der Waals surface area contributed by atoms with Crippen molar-refractivity contribution in [1.82, 2.24) is 21.3 Å². The van der Waals surface area contributed by atoms with Crippen molar-refractivity contribution in [2.45, 2.75) is 56.3 Å². The summed E-state index contributed by atoms with van der Waals surface area (Å²) in [4.78, 5) is 70.8. The highest BCUT2D eigenvalue weighted by molar-refractivity contribution is 5.96. The third-order valence-electron chi connectivity index (χ3n) is 4.52. The lowest BCUT2D eigenvalue weighted by molar-refractivity contribution is -0.143. The molecule has 174 valence electrons. The summed E-state index contributed by atoms with van der Waals surface area (Å²) in [6.45, 7) is -0.295. The maximum Gasteiger partial charge on any atom is 0.328 e. The molecule has 4 unspecified atom stereocenters. The lowest BCUT2D eigenvalue weighted by Crippen LogP contribution is -2.58. The summed E-state index contributed by atoms with van der Waals surface area (Å²) in [5.41, 5.74) is 10.2. The van der Waals surface area contributed by atoms with E-state index in [1.807, 2.05) is 5.32 Å². The minimum Gasteiger partial charge on any atom is -0.480 e. The number of aliphatic hydroxyl groups excluding tert-OH is 1. The Hall–Kier alpha value is -3.26. The summed E-state index contributed by atoms with van der Waals surface area (Å²) in [6.07, 6.45) is 0.247. The molecular weight excluding hydrogens is 416 g/mol. The van der Waals surface area contributed by atoms with Crippen molar-refractivity contribution in [2.24, 2.45) is 11.5 Å². The number of carbonyl (C=O) groups excluding carboxylic acids is 5. The number of nitrogens with one attached hydrogen (secondary N) is 4. The number of nitrogens with two attached hydrogens (primary N) is 2. The summed E-state index contributed by atoms with van der Waals surface area (Å²) in [7, 11) is 0. The summed E-state index contributed by atoms with van der Waals surface area (Å²) in [5.74, 6) is -5.68. The zero-order chi connectivity index (χ0) is 23.6. The Kier molecular flexibility index (Phi) is 10.3. The van der Waals surface area contributed by atoms with Gasteiger partial charge in [-0.2, -0.15) is 0 Å². The highest BCUT2D eigenvalue weighted by atomic mass is 16.4. The molecule has 14 nitrogen and oxygen atoms in total. The van der Waals surface area contributed by atoms with E-state index in [4.69, 9.17) is 21.7 Å². The fraction of sp³-hybridized carbons (Fsp3) is 0.647. The van der Waals surface area contributed by atoms with E-state index < -0.39 is 72.7 Å².